The lowest BCUT2D eigenvalue weighted by atomic mass is 10.3. The van der Waals surface area contributed by atoms with E-state index < -0.39 is 0 Å². The van der Waals surface area contributed by atoms with Crippen molar-refractivity contribution in [2.24, 2.45) is 7.05 Å². The zero-order chi connectivity index (χ0) is 12.3. The predicted octanol–water partition coefficient (Wildman–Crippen LogP) is 1.77. The number of aryl methyl sites for hydroxylation is 2. The van der Waals surface area contributed by atoms with Crippen LogP contribution in [0.15, 0.2) is 6.07 Å². The maximum Gasteiger partial charge on any atom is 0.235 e. The molecule has 18 heavy (non-hydrogen) atoms. The molecule has 1 fully saturated rings. The molecule has 0 N–H and O–H groups in total. The quantitative estimate of drug-likeness (QED) is 0.704. The van der Waals surface area contributed by atoms with Gasteiger partial charge < -0.3 is 0 Å². The molecule has 0 saturated heterocycles. The van der Waals surface area contributed by atoms with Gasteiger partial charge >= 0.3 is 0 Å². The summed E-state index contributed by atoms with van der Waals surface area (Å²) in [4.78, 5) is 0.866. The van der Waals surface area contributed by atoms with Crippen molar-refractivity contribution in [2.75, 3.05) is 0 Å². The molecule has 0 unspecified atom stereocenters. The Morgan fingerprint density at radius 3 is 2.78 bits per heavy atom. The summed E-state index contributed by atoms with van der Waals surface area (Å²) >= 11 is 1.64. The Balaban J connectivity index is 1.91. The summed E-state index contributed by atoms with van der Waals surface area (Å²) in [6.07, 6.45) is 2.51. The largest absolute Gasteiger partial charge is 0.264 e. The molecule has 3 aromatic rings. The lowest BCUT2D eigenvalue weighted by Gasteiger charge is -1.96. The Kier molecular flexibility index (Phi) is 1.91. The van der Waals surface area contributed by atoms with E-state index in [0.717, 1.165) is 22.2 Å². The third-order valence-electron chi connectivity index (χ3n) is 3.16. The highest BCUT2D eigenvalue weighted by atomic mass is 32.1. The van der Waals surface area contributed by atoms with Crippen LogP contribution < -0.4 is 0 Å². The first kappa shape index (κ1) is 10.2. The average Bonchev–Trinajstić information content (AvgIpc) is 2.85. The van der Waals surface area contributed by atoms with Crippen LogP contribution in [0.1, 0.15) is 29.5 Å². The monoisotopic (exact) mass is 260 g/mol. The van der Waals surface area contributed by atoms with Crippen molar-refractivity contribution in [3.05, 3.63) is 16.8 Å². The third kappa shape index (κ3) is 1.40. The lowest BCUT2D eigenvalue weighted by molar-refractivity contribution is 0.753. The molecule has 7 heteroatoms. The van der Waals surface area contributed by atoms with E-state index in [9.17, 15) is 0 Å². The summed E-state index contributed by atoms with van der Waals surface area (Å²) in [7, 11) is 1.91. The highest BCUT2D eigenvalue weighted by Crippen LogP contribution is 2.42. The van der Waals surface area contributed by atoms with Gasteiger partial charge in [-0.2, -0.15) is 14.7 Å². The van der Waals surface area contributed by atoms with Crippen molar-refractivity contribution in [1.82, 2.24) is 29.6 Å². The van der Waals surface area contributed by atoms with E-state index in [1.165, 1.54) is 17.8 Å². The summed E-state index contributed by atoms with van der Waals surface area (Å²) in [5.74, 6) is 1.43. The van der Waals surface area contributed by atoms with Gasteiger partial charge in [-0.15, -0.1) is 10.2 Å². The van der Waals surface area contributed by atoms with E-state index in [-0.39, 0.29) is 0 Å². The molecular weight excluding hydrogens is 248 g/mol. The molecule has 92 valence electrons. The lowest BCUT2D eigenvalue weighted by Crippen LogP contribution is -1.98. The van der Waals surface area contributed by atoms with Crippen LogP contribution in [-0.2, 0) is 7.05 Å². The molecule has 1 aliphatic carbocycles. The fourth-order valence-corrected chi connectivity index (χ4v) is 3.11. The standard InChI is InChI=1S/C11H12N6S/c1-6-5-8(16(2)14-6)9-12-13-11-17(9)15-10(18-11)7-3-4-7/h5,7H,3-4H2,1-2H3. The molecule has 0 aliphatic heterocycles. The van der Waals surface area contributed by atoms with Gasteiger partial charge in [0.05, 0.1) is 5.69 Å². The molecule has 3 heterocycles. The molecule has 0 atom stereocenters. The first-order valence-electron chi connectivity index (χ1n) is 5.95. The Morgan fingerprint density at radius 1 is 1.28 bits per heavy atom. The summed E-state index contributed by atoms with van der Waals surface area (Å²) in [5, 5.41) is 18.6. The molecule has 0 aromatic carbocycles. The van der Waals surface area contributed by atoms with E-state index in [1.807, 2.05) is 29.2 Å². The number of nitrogens with zero attached hydrogens (tertiary/aromatic N) is 6. The minimum Gasteiger partial charge on any atom is -0.264 e. The van der Waals surface area contributed by atoms with Crippen LogP contribution >= 0.6 is 11.3 Å². The predicted molar refractivity (Wildman–Crippen MR) is 67.6 cm³/mol. The molecule has 0 spiro atoms. The van der Waals surface area contributed by atoms with Crippen molar-refractivity contribution in [3.8, 4) is 11.5 Å². The number of hydrogen-bond donors (Lipinski definition) is 0. The topological polar surface area (TPSA) is 60.9 Å². The first-order chi connectivity index (χ1) is 8.72. The fraction of sp³-hybridized carbons (Fsp3) is 0.455. The molecule has 0 bridgehead atoms. The van der Waals surface area contributed by atoms with Crippen molar-refractivity contribution in [1.29, 1.82) is 0 Å². The Bertz CT molecular complexity index is 732. The van der Waals surface area contributed by atoms with E-state index in [1.54, 1.807) is 11.3 Å². The van der Waals surface area contributed by atoms with E-state index >= 15 is 0 Å². The fourth-order valence-electron chi connectivity index (χ4n) is 2.11. The van der Waals surface area contributed by atoms with E-state index in [2.05, 4.69) is 20.4 Å². The normalized spacial score (nSPS) is 15.7. The van der Waals surface area contributed by atoms with Gasteiger partial charge in [0.25, 0.3) is 0 Å². The van der Waals surface area contributed by atoms with Crippen molar-refractivity contribution in [2.45, 2.75) is 25.7 Å². The molecule has 1 saturated carbocycles. The zero-order valence-corrected chi connectivity index (χ0v) is 11.0. The van der Waals surface area contributed by atoms with Crippen molar-refractivity contribution < 1.29 is 0 Å². The second kappa shape index (κ2) is 3.38. The summed E-state index contributed by atoms with van der Waals surface area (Å²) in [6.45, 7) is 1.97. The number of aromatic nitrogens is 6. The average molecular weight is 260 g/mol. The highest BCUT2D eigenvalue weighted by Gasteiger charge is 2.28. The second-order valence-corrected chi connectivity index (χ2v) is 5.71. The van der Waals surface area contributed by atoms with E-state index in [0.29, 0.717) is 5.92 Å². The third-order valence-corrected chi connectivity index (χ3v) is 4.23. The van der Waals surface area contributed by atoms with Gasteiger partial charge in [0.1, 0.15) is 10.7 Å². The Morgan fingerprint density at radius 2 is 2.11 bits per heavy atom. The maximum atomic E-state index is 4.63. The van der Waals surface area contributed by atoms with Crippen molar-refractivity contribution in [3.63, 3.8) is 0 Å². The molecule has 0 amide bonds. The van der Waals surface area contributed by atoms with Crippen LogP contribution in [0.4, 0.5) is 0 Å². The van der Waals surface area contributed by atoms with Crippen LogP contribution in [0.2, 0.25) is 0 Å². The Labute approximate surface area is 107 Å². The van der Waals surface area contributed by atoms with E-state index in [4.69, 9.17) is 0 Å². The van der Waals surface area contributed by atoms with Gasteiger partial charge in [-0.05, 0) is 25.8 Å². The SMILES string of the molecule is Cc1cc(-c2nnc3sc(C4CC4)nn23)n(C)n1. The molecule has 6 nitrogen and oxygen atoms in total. The smallest absolute Gasteiger partial charge is 0.235 e. The Hall–Kier alpha value is -1.76. The summed E-state index contributed by atoms with van der Waals surface area (Å²) in [5.41, 5.74) is 1.93. The van der Waals surface area contributed by atoms with Crippen LogP contribution in [0, 0.1) is 6.92 Å². The van der Waals surface area contributed by atoms with Crippen LogP contribution in [-0.4, -0.2) is 29.6 Å². The first-order valence-corrected chi connectivity index (χ1v) is 6.77. The molecule has 0 radical (unpaired) electrons. The molecule has 4 rings (SSSR count). The number of rotatable bonds is 2. The summed E-state index contributed by atoms with van der Waals surface area (Å²) in [6, 6.07) is 2.01. The minimum absolute atomic E-state index is 0.651. The van der Waals surface area contributed by atoms with Crippen molar-refractivity contribution >= 4 is 16.3 Å². The van der Waals surface area contributed by atoms with Crippen LogP contribution in [0.5, 0.6) is 0 Å². The molecular formula is C11H12N6S. The number of fused-ring (bicyclic) bond motifs is 1. The van der Waals surface area contributed by atoms with Gasteiger partial charge in [-0.1, -0.05) is 11.3 Å². The maximum absolute atomic E-state index is 4.63. The van der Waals surface area contributed by atoms with Gasteiger partial charge in [0.15, 0.2) is 0 Å². The molecule has 1 aliphatic rings. The van der Waals surface area contributed by atoms with Gasteiger partial charge in [0.2, 0.25) is 10.8 Å². The second-order valence-electron chi connectivity index (χ2n) is 4.73. The van der Waals surface area contributed by atoms with Crippen LogP contribution in [0.3, 0.4) is 0 Å². The van der Waals surface area contributed by atoms with Gasteiger partial charge in [0, 0.05) is 13.0 Å². The zero-order valence-electron chi connectivity index (χ0n) is 10.2. The summed E-state index contributed by atoms with van der Waals surface area (Å²) < 4.78 is 3.66. The molecule has 3 aromatic heterocycles. The highest BCUT2D eigenvalue weighted by molar-refractivity contribution is 7.16. The number of hydrogen-bond acceptors (Lipinski definition) is 5. The van der Waals surface area contributed by atoms with Gasteiger partial charge in [-0.25, -0.2) is 0 Å². The minimum atomic E-state index is 0.651. The van der Waals surface area contributed by atoms with Gasteiger partial charge in [-0.3, -0.25) is 4.68 Å². The van der Waals surface area contributed by atoms with Crippen LogP contribution in [0.25, 0.3) is 16.5 Å².